The van der Waals surface area contributed by atoms with Crippen molar-refractivity contribution in [1.82, 2.24) is 0 Å². The van der Waals surface area contributed by atoms with Gasteiger partial charge < -0.3 is 0 Å². The topological polar surface area (TPSA) is 12.0 Å². The number of fused-ring (bicyclic) bond motifs is 1. The molecule has 0 saturated heterocycles. The summed E-state index contributed by atoms with van der Waals surface area (Å²) in [4.78, 5) is 1.41. The van der Waals surface area contributed by atoms with E-state index in [1.165, 1.54) is 14.3 Å². The summed E-state index contributed by atoms with van der Waals surface area (Å²) < 4.78 is 4.75. The van der Waals surface area contributed by atoms with Gasteiger partial charge in [-0.1, -0.05) is 0 Å². The van der Waals surface area contributed by atoms with Crippen LogP contribution in [0, 0.1) is 0 Å². The van der Waals surface area contributed by atoms with E-state index in [2.05, 4.69) is 27.8 Å². The zero-order chi connectivity index (χ0) is 6.81. The van der Waals surface area contributed by atoms with Crippen LogP contribution in [0.3, 0.4) is 0 Å². The third kappa shape index (κ3) is 1.25. The van der Waals surface area contributed by atoms with Crippen LogP contribution in [0.1, 0.15) is 0 Å². The van der Waals surface area contributed by atoms with Gasteiger partial charge in [-0.2, -0.15) is 0 Å². The number of benzene rings is 1. The molecule has 0 amide bonds. The number of halogens is 1. The Morgan fingerprint density at radius 2 is 2.30 bits per heavy atom. The molecule has 0 fully saturated rings. The summed E-state index contributed by atoms with van der Waals surface area (Å²) in [7, 11) is 0. The van der Waals surface area contributed by atoms with Crippen LogP contribution in [0.15, 0.2) is 29.2 Å². The number of nitrogens with one attached hydrogen (secondary N) is 1. The standard InChI is InChI=1S/C7H7INS/c1-2-4-7-6(3-1)9-8-5-10-7/h1-4,9H,5H2/q-1. The maximum absolute atomic E-state index is 3.45. The molecule has 3 heteroatoms. The van der Waals surface area contributed by atoms with Crippen LogP contribution >= 0.6 is 11.8 Å². The van der Waals surface area contributed by atoms with Gasteiger partial charge >= 0.3 is 75.4 Å². The predicted molar refractivity (Wildman–Crippen MR) is 40.8 cm³/mol. The quantitative estimate of drug-likeness (QED) is 0.373. The first-order valence-electron chi connectivity index (χ1n) is 3.03. The number of rotatable bonds is 0. The molecule has 1 aromatic rings. The molecular formula is C7H7INS-. The molecule has 1 N–H and O–H groups in total. The van der Waals surface area contributed by atoms with Crippen molar-refractivity contribution in [2.75, 3.05) is 7.29 Å². The fraction of sp³-hybridized carbons (Fsp3) is 0.143. The Hall–Kier alpha value is 0.100. The van der Waals surface area contributed by atoms with Crippen LogP contribution in [-0.2, 0) is 0 Å². The third-order valence-electron chi connectivity index (χ3n) is 1.32. The number of thioether (sulfide) groups is 1. The van der Waals surface area contributed by atoms with E-state index in [0.717, 1.165) is 0 Å². The van der Waals surface area contributed by atoms with Crippen molar-refractivity contribution < 1.29 is 21.5 Å². The summed E-state index contributed by atoms with van der Waals surface area (Å²) in [6, 6.07) is 8.51. The van der Waals surface area contributed by atoms with Crippen LogP contribution in [-0.4, -0.2) is 3.76 Å². The minimum absolute atomic E-state index is 0.239. The number of hydrogen-bond donors (Lipinski definition) is 1. The van der Waals surface area contributed by atoms with E-state index in [4.69, 9.17) is 0 Å². The first-order valence-corrected chi connectivity index (χ1v) is 6.62. The van der Waals surface area contributed by atoms with Crippen molar-refractivity contribution in [1.29, 1.82) is 0 Å². The molecule has 0 saturated carbocycles. The fourth-order valence-corrected chi connectivity index (χ4v) is 4.54. The Labute approximate surface area is 75.2 Å². The van der Waals surface area contributed by atoms with Gasteiger partial charge in [0.25, 0.3) is 0 Å². The summed E-state index contributed by atoms with van der Waals surface area (Å²) in [5.74, 6) is 0. The zero-order valence-corrected chi connectivity index (χ0v) is 8.28. The van der Waals surface area contributed by atoms with Gasteiger partial charge in [0.2, 0.25) is 0 Å². The Kier molecular flexibility index (Phi) is 2.04. The van der Waals surface area contributed by atoms with Crippen molar-refractivity contribution in [2.45, 2.75) is 4.90 Å². The van der Waals surface area contributed by atoms with Gasteiger partial charge in [0.05, 0.1) is 0 Å². The van der Waals surface area contributed by atoms with Gasteiger partial charge in [0, 0.05) is 0 Å². The summed E-state index contributed by atoms with van der Waals surface area (Å²) in [6.45, 7) is 0. The van der Waals surface area contributed by atoms with Crippen molar-refractivity contribution in [3.05, 3.63) is 24.3 Å². The molecule has 0 bridgehead atoms. The number of hydrogen-bond acceptors (Lipinski definition) is 2. The average Bonchev–Trinajstić information content (AvgIpc) is 2.05. The molecule has 1 aliphatic heterocycles. The zero-order valence-electron chi connectivity index (χ0n) is 5.30. The molecule has 0 atom stereocenters. The Morgan fingerprint density at radius 1 is 1.40 bits per heavy atom. The second kappa shape index (κ2) is 3.00. The molecule has 1 heterocycles. The summed E-state index contributed by atoms with van der Waals surface area (Å²) in [6.07, 6.45) is 0. The van der Waals surface area contributed by atoms with E-state index in [0.29, 0.717) is 0 Å². The molecule has 0 spiro atoms. The Bertz CT molecular complexity index is 214. The van der Waals surface area contributed by atoms with E-state index in [-0.39, 0.29) is 21.5 Å². The van der Waals surface area contributed by atoms with Gasteiger partial charge in [-0.05, 0) is 0 Å². The predicted octanol–water partition coefficient (Wildman–Crippen LogP) is -0.834. The SMILES string of the molecule is c1ccc2c(c1)N[I-]CS2. The second-order valence-corrected chi connectivity index (χ2v) is 6.10. The second-order valence-electron chi connectivity index (χ2n) is 1.98. The minimum atomic E-state index is 0.239. The average molecular weight is 264 g/mol. The van der Waals surface area contributed by atoms with E-state index in [9.17, 15) is 0 Å². The molecule has 54 valence electrons. The van der Waals surface area contributed by atoms with Crippen LogP contribution in [0.4, 0.5) is 5.69 Å². The molecule has 10 heavy (non-hydrogen) atoms. The third-order valence-corrected chi connectivity index (χ3v) is 5.04. The van der Waals surface area contributed by atoms with E-state index in [1.54, 1.807) is 0 Å². The summed E-state index contributed by atoms with van der Waals surface area (Å²) in [5.41, 5.74) is 1.34. The van der Waals surface area contributed by atoms with Crippen LogP contribution in [0.25, 0.3) is 0 Å². The van der Waals surface area contributed by atoms with Crippen LogP contribution < -0.4 is 25.0 Å². The molecular weight excluding hydrogens is 257 g/mol. The summed E-state index contributed by atoms with van der Waals surface area (Å²) in [5, 5.41) is 0. The van der Waals surface area contributed by atoms with E-state index >= 15 is 0 Å². The molecule has 0 aromatic heterocycles. The van der Waals surface area contributed by atoms with Crippen molar-refractivity contribution in [3.8, 4) is 0 Å². The van der Waals surface area contributed by atoms with Gasteiger partial charge in [-0.15, -0.1) is 0 Å². The normalized spacial score (nSPS) is 16.4. The molecule has 0 radical (unpaired) electrons. The van der Waals surface area contributed by atoms with Crippen molar-refractivity contribution >= 4 is 17.4 Å². The summed E-state index contributed by atoms with van der Waals surface area (Å²) >= 11 is 2.21. The molecule has 0 aliphatic carbocycles. The van der Waals surface area contributed by atoms with Gasteiger partial charge in [-0.3, -0.25) is 0 Å². The first-order chi connectivity index (χ1) is 4.97. The number of anilines is 1. The van der Waals surface area contributed by atoms with Gasteiger partial charge in [-0.25, -0.2) is 0 Å². The fourth-order valence-electron chi connectivity index (χ4n) is 0.856. The van der Waals surface area contributed by atoms with Gasteiger partial charge in [0.15, 0.2) is 0 Å². The number of para-hydroxylation sites is 1. The number of alkyl halides is 1. The molecule has 2 rings (SSSR count). The van der Waals surface area contributed by atoms with Crippen molar-refractivity contribution in [3.63, 3.8) is 0 Å². The Morgan fingerprint density at radius 3 is 3.20 bits per heavy atom. The monoisotopic (exact) mass is 264 g/mol. The van der Waals surface area contributed by atoms with Gasteiger partial charge in [0.1, 0.15) is 0 Å². The first kappa shape index (κ1) is 6.79. The molecule has 0 unspecified atom stereocenters. The molecule has 1 aromatic carbocycles. The van der Waals surface area contributed by atoms with E-state index < -0.39 is 0 Å². The van der Waals surface area contributed by atoms with E-state index in [1.807, 2.05) is 11.8 Å². The molecule has 1 aliphatic rings. The van der Waals surface area contributed by atoms with Crippen molar-refractivity contribution in [2.24, 2.45) is 0 Å². The molecule has 1 nitrogen and oxygen atoms in total. The van der Waals surface area contributed by atoms with Crippen LogP contribution in [0.5, 0.6) is 0 Å². The Balaban J connectivity index is 2.41. The van der Waals surface area contributed by atoms with Crippen LogP contribution in [0.2, 0.25) is 0 Å². The maximum atomic E-state index is 3.45.